The molecule has 0 aromatic carbocycles. The van der Waals surface area contributed by atoms with E-state index in [2.05, 4.69) is 0 Å². The minimum atomic E-state index is -1.25. The van der Waals surface area contributed by atoms with Crippen LogP contribution in [0.2, 0.25) is 0 Å². The molecule has 0 aliphatic carbocycles. The van der Waals surface area contributed by atoms with Crippen LogP contribution in [0.25, 0.3) is 0 Å². The van der Waals surface area contributed by atoms with Crippen LogP contribution in [0.1, 0.15) is 34.1 Å². The van der Waals surface area contributed by atoms with Crippen molar-refractivity contribution in [3.63, 3.8) is 0 Å². The standard InChI is InChI=1S/C15H22O8/c1-7(2)13(18)23-12-9(4)22-14(19)8(3)6-21-15(20)10(12)5-11(16)17/h7-10,12H,5-6H2,1-4H3,(H,16,17)/t8-,9-,10+,12-/m0/s1. The van der Waals surface area contributed by atoms with Crippen molar-refractivity contribution in [3.05, 3.63) is 0 Å². The molecule has 1 rings (SSSR count). The highest BCUT2D eigenvalue weighted by Gasteiger charge is 2.42. The fraction of sp³-hybridized carbons (Fsp3) is 0.733. The van der Waals surface area contributed by atoms with Crippen LogP contribution < -0.4 is 0 Å². The summed E-state index contributed by atoms with van der Waals surface area (Å²) in [5, 5.41) is 9.01. The first-order valence-electron chi connectivity index (χ1n) is 7.42. The molecule has 1 aliphatic rings. The number of hydrogen-bond donors (Lipinski definition) is 1. The summed E-state index contributed by atoms with van der Waals surface area (Å²) in [6.07, 6.45) is -2.78. The van der Waals surface area contributed by atoms with E-state index in [-0.39, 0.29) is 6.61 Å². The third-order valence-electron chi connectivity index (χ3n) is 3.46. The number of carbonyl (C=O) groups excluding carboxylic acids is 3. The van der Waals surface area contributed by atoms with Gasteiger partial charge in [0.1, 0.15) is 18.6 Å². The predicted molar refractivity (Wildman–Crippen MR) is 76.1 cm³/mol. The van der Waals surface area contributed by atoms with Crippen LogP contribution in [-0.4, -0.2) is 47.8 Å². The third-order valence-corrected chi connectivity index (χ3v) is 3.46. The van der Waals surface area contributed by atoms with Crippen molar-refractivity contribution in [3.8, 4) is 0 Å². The Morgan fingerprint density at radius 1 is 1.26 bits per heavy atom. The van der Waals surface area contributed by atoms with Gasteiger partial charge in [-0.2, -0.15) is 0 Å². The Morgan fingerprint density at radius 3 is 2.39 bits per heavy atom. The quantitative estimate of drug-likeness (QED) is 0.593. The number of esters is 3. The van der Waals surface area contributed by atoms with Gasteiger partial charge < -0.3 is 19.3 Å². The number of carbonyl (C=O) groups is 4. The van der Waals surface area contributed by atoms with Crippen molar-refractivity contribution in [2.45, 2.75) is 46.3 Å². The van der Waals surface area contributed by atoms with E-state index in [9.17, 15) is 19.2 Å². The molecule has 130 valence electrons. The van der Waals surface area contributed by atoms with E-state index in [0.717, 1.165) is 0 Å². The van der Waals surface area contributed by atoms with Gasteiger partial charge >= 0.3 is 23.9 Å². The summed E-state index contributed by atoms with van der Waals surface area (Å²) in [6.45, 7) is 5.96. The summed E-state index contributed by atoms with van der Waals surface area (Å²) in [7, 11) is 0. The highest BCUT2D eigenvalue weighted by molar-refractivity contribution is 5.81. The van der Waals surface area contributed by atoms with Crippen molar-refractivity contribution in [2.24, 2.45) is 17.8 Å². The van der Waals surface area contributed by atoms with Crippen LogP contribution >= 0.6 is 0 Å². The maximum atomic E-state index is 12.2. The number of hydrogen-bond acceptors (Lipinski definition) is 7. The summed E-state index contributed by atoms with van der Waals surface area (Å²) in [5.41, 5.74) is 0. The maximum Gasteiger partial charge on any atom is 0.313 e. The van der Waals surface area contributed by atoms with Gasteiger partial charge in [0.25, 0.3) is 0 Å². The Bertz CT molecular complexity index is 484. The molecule has 4 atom stereocenters. The SMILES string of the molecule is CC(C)C(=O)O[C@H]1[C@H](C)OC(=O)[C@@H](C)COC(=O)[C@@H]1CC(=O)O. The number of ether oxygens (including phenoxy) is 3. The Labute approximate surface area is 134 Å². The van der Waals surface area contributed by atoms with Gasteiger partial charge in [0.15, 0.2) is 6.10 Å². The fourth-order valence-corrected chi connectivity index (χ4v) is 2.05. The van der Waals surface area contributed by atoms with Crippen LogP contribution in [0.4, 0.5) is 0 Å². The highest BCUT2D eigenvalue weighted by Crippen LogP contribution is 2.24. The smallest absolute Gasteiger partial charge is 0.313 e. The van der Waals surface area contributed by atoms with Crippen LogP contribution in [0, 0.1) is 17.8 Å². The van der Waals surface area contributed by atoms with Crippen molar-refractivity contribution < 1.29 is 38.5 Å². The first-order valence-corrected chi connectivity index (χ1v) is 7.42. The number of rotatable bonds is 4. The van der Waals surface area contributed by atoms with E-state index in [4.69, 9.17) is 19.3 Å². The summed E-state index contributed by atoms with van der Waals surface area (Å²) < 4.78 is 15.4. The second-order valence-electron chi connectivity index (χ2n) is 5.93. The Kier molecular flexibility index (Phi) is 6.53. The third kappa shape index (κ3) is 5.22. The lowest BCUT2D eigenvalue weighted by atomic mass is 9.94. The summed E-state index contributed by atoms with van der Waals surface area (Å²) >= 11 is 0. The van der Waals surface area contributed by atoms with Gasteiger partial charge in [-0.15, -0.1) is 0 Å². The first-order chi connectivity index (χ1) is 10.6. The molecule has 0 saturated carbocycles. The molecule has 0 spiro atoms. The lowest BCUT2D eigenvalue weighted by Crippen LogP contribution is -2.43. The van der Waals surface area contributed by atoms with Crippen LogP contribution in [-0.2, 0) is 33.4 Å². The molecule has 1 N–H and O–H groups in total. The van der Waals surface area contributed by atoms with Gasteiger partial charge in [-0.3, -0.25) is 19.2 Å². The molecule has 0 bridgehead atoms. The van der Waals surface area contributed by atoms with Crippen molar-refractivity contribution in [2.75, 3.05) is 6.61 Å². The van der Waals surface area contributed by atoms with Crippen molar-refractivity contribution >= 4 is 23.9 Å². The molecule has 0 aromatic rings. The minimum Gasteiger partial charge on any atom is -0.481 e. The zero-order chi connectivity index (χ0) is 17.7. The maximum absolute atomic E-state index is 12.2. The fourth-order valence-electron chi connectivity index (χ4n) is 2.05. The van der Waals surface area contributed by atoms with Gasteiger partial charge in [0.05, 0.1) is 18.3 Å². The molecule has 1 heterocycles. The molecule has 8 heteroatoms. The average molecular weight is 330 g/mol. The molecular weight excluding hydrogens is 308 g/mol. The van der Waals surface area contributed by atoms with E-state index in [1.807, 2.05) is 0 Å². The van der Waals surface area contributed by atoms with Gasteiger partial charge in [-0.05, 0) is 13.8 Å². The topological polar surface area (TPSA) is 116 Å². The first kappa shape index (κ1) is 18.9. The van der Waals surface area contributed by atoms with Crippen LogP contribution in [0.15, 0.2) is 0 Å². The summed E-state index contributed by atoms with van der Waals surface area (Å²) in [4.78, 5) is 46.9. The molecule has 8 nitrogen and oxygen atoms in total. The zero-order valence-electron chi connectivity index (χ0n) is 13.6. The summed E-state index contributed by atoms with van der Waals surface area (Å²) in [5.74, 6) is -5.71. The largest absolute Gasteiger partial charge is 0.481 e. The second-order valence-corrected chi connectivity index (χ2v) is 5.93. The minimum absolute atomic E-state index is 0.217. The highest BCUT2D eigenvalue weighted by atomic mass is 16.6. The monoisotopic (exact) mass is 330 g/mol. The molecule has 1 saturated heterocycles. The predicted octanol–water partition coefficient (Wildman–Crippen LogP) is 0.770. The van der Waals surface area contributed by atoms with Crippen LogP contribution in [0.5, 0.6) is 0 Å². The lowest BCUT2D eigenvalue weighted by Gasteiger charge is -2.28. The Balaban J connectivity index is 3.13. The van der Waals surface area contributed by atoms with Crippen molar-refractivity contribution in [1.29, 1.82) is 0 Å². The molecule has 0 amide bonds. The molecule has 0 unspecified atom stereocenters. The molecular formula is C15H22O8. The van der Waals surface area contributed by atoms with E-state index in [0.29, 0.717) is 0 Å². The summed E-state index contributed by atoms with van der Waals surface area (Å²) in [6, 6.07) is 0. The average Bonchev–Trinajstić information content (AvgIpc) is 2.48. The molecule has 1 fully saturated rings. The molecule has 1 aliphatic heterocycles. The normalized spacial score (nSPS) is 28.9. The second kappa shape index (κ2) is 7.94. The van der Waals surface area contributed by atoms with Gasteiger partial charge in [0, 0.05) is 0 Å². The van der Waals surface area contributed by atoms with Gasteiger partial charge in [-0.1, -0.05) is 13.8 Å². The number of carboxylic acids is 1. The van der Waals surface area contributed by atoms with E-state index >= 15 is 0 Å². The molecule has 0 aromatic heterocycles. The van der Waals surface area contributed by atoms with Crippen LogP contribution in [0.3, 0.4) is 0 Å². The van der Waals surface area contributed by atoms with Gasteiger partial charge in [-0.25, -0.2) is 0 Å². The Hall–Kier alpha value is -2.12. The van der Waals surface area contributed by atoms with E-state index in [1.54, 1.807) is 13.8 Å². The number of cyclic esters (lactones) is 2. The van der Waals surface area contributed by atoms with Crippen molar-refractivity contribution in [1.82, 2.24) is 0 Å². The number of carboxylic acid groups (broad SMARTS) is 1. The van der Waals surface area contributed by atoms with E-state index < -0.39 is 60.3 Å². The van der Waals surface area contributed by atoms with Gasteiger partial charge in [0.2, 0.25) is 0 Å². The van der Waals surface area contributed by atoms with E-state index in [1.165, 1.54) is 13.8 Å². The Morgan fingerprint density at radius 2 is 1.87 bits per heavy atom. The lowest BCUT2D eigenvalue weighted by molar-refractivity contribution is -0.178. The molecule has 0 radical (unpaired) electrons. The molecule has 23 heavy (non-hydrogen) atoms. The number of aliphatic carboxylic acids is 1. The zero-order valence-corrected chi connectivity index (χ0v) is 13.6.